The molecule has 1 heterocycles. The molecule has 0 aliphatic rings. The number of benzene rings is 1. The molecule has 132 valence electrons. The third kappa shape index (κ3) is 4.09. The Morgan fingerprint density at radius 3 is 2.67 bits per heavy atom. The zero-order valence-corrected chi connectivity index (χ0v) is 15.0. The van der Waals surface area contributed by atoms with Crippen LogP contribution in [0.15, 0.2) is 23.0 Å². The van der Waals surface area contributed by atoms with Gasteiger partial charge in [-0.3, -0.25) is 4.79 Å². The lowest BCUT2D eigenvalue weighted by Gasteiger charge is -2.18. The van der Waals surface area contributed by atoms with E-state index in [1.165, 1.54) is 5.56 Å². The van der Waals surface area contributed by atoms with Gasteiger partial charge >= 0.3 is 0 Å². The predicted molar refractivity (Wildman–Crippen MR) is 98.2 cm³/mol. The number of H-pyrrole nitrogens is 1. The molecule has 24 heavy (non-hydrogen) atoms. The van der Waals surface area contributed by atoms with Crippen molar-refractivity contribution in [3.8, 4) is 11.5 Å². The summed E-state index contributed by atoms with van der Waals surface area (Å²) in [4.78, 5) is 15.1. The molecular weight excluding hydrogens is 304 g/mol. The topological polar surface area (TPSA) is 74.3 Å². The molecule has 1 aromatic carbocycles. The van der Waals surface area contributed by atoms with Gasteiger partial charge in [-0.2, -0.15) is 0 Å². The lowest BCUT2D eigenvalue weighted by Crippen LogP contribution is -2.16. The molecule has 3 N–H and O–H groups in total. The zero-order valence-electron chi connectivity index (χ0n) is 15.0. The summed E-state index contributed by atoms with van der Waals surface area (Å²) in [6.45, 7) is 6.77. The number of aromatic amines is 1. The van der Waals surface area contributed by atoms with Crippen molar-refractivity contribution in [1.82, 2.24) is 10.3 Å². The average Bonchev–Trinajstić information content (AvgIpc) is 2.54. The van der Waals surface area contributed by atoms with E-state index in [0.29, 0.717) is 16.8 Å². The Labute approximate surface area is 143 Å². The van der Waals surface area contributed by atoms with E-state index in [2.05, 4.69) is 17.2 Å². The van der Waals surface area contributed by atoms with Crippen molar-refractivity contribution in [2.45, 2.75) is 52.1 Å². The molecule has 0 radical (unpaired) electrons. The van der Waals surface area contributed by atoms with E-state index < -0.39 is 5.56 Å². The number of hydrogen-bond donors (Lipinski definition) is 3. The van der Waals surface area contributed by atoms with Gasteiger partial charge < -0.3 is 20.1 Å². The number of fused-ring (bicyclic) bond motifs is 1. The van der Waals surface area contributed by atoms with Gasteiger partial charge in [-0.15, -0.1) is 0 Å². The van der Waals surface area contributed by atoms with Crippen molar-refractivity contribution in [3.63, 3.8) is 0 Å². The number of ether oxygens (including phenoxy) is 1. The van der Waals surface area contributed by atoms with Crippen molar-refractivity contribution in [2.24, 2.45) is 0 Å². The molecule has 0 saturated heterocycles. The lowest BCUT2D eigenvalue weighted by atomic mass is 9.90. The van der Waals surface area contributed by atoms with E-state index in [-0.39, 0.29) is 17.6 Å². The maximum atomic E-state index is 12.2. The molecule has 1 aromatic heterocycles. The minimum atomic E-state index is -0.395. The second-order valence-electron chi connectivity index (χ2n) is 6.48. The zero-order chi connectivity index (χ0) is 17.7. The first kappa shape index (κ1) is 18.3. The number of rotatable bonds is 8. The molecule has 0 aliphatic heterocycles. The van der Waals surface area contributed by atoms with Gasteiger partial charge in [-0.1, -0.05) is 19.4 Å². The Morgan fingerprint density at radius 2 is 2.04 bits per heavy atom. The summed E-state index contributed by atoms with van der Waals surface area (Å²) in [5.41, 5.74) is 1.44. The van der Waals surface area contributed by atoms with Crippen molar-refractivity contribution in [2.75, 3.05) is 13.6 Å². The van der Waals surface area contributed by atoms with E-state index in [1.54, 1.807) is 0 Å². The van der Waals surface area contributed by atoms with Crippen LogP contribution < -0.4 is 15.6 Å². The van der Waals surface area contributed by atoms with Gasteiger partial charge in [0.25, 0.3) is 5.56 Å². The van der Waals surface area contributed by atoms with E-state index in [0.717, 1.165) is 25.8 Å². The third-order valence-corrected chi connectivity index (χ3v) is 4.17. The first-order valence-corrected chi connectivity index (χ1v) is 8.68. The predicted octanol–water partition coefficient (Wildman–Crippen LogP) is 3.51. The normalized spacial score (nSPS) is 12.7. The summed E-state index contributed by atoms with van der Waals surface area (Å²) in [6, 6.07) is 5.88. The van der Waals surface area contributed by atoms with E-state index in [1.807, 2.05) is 39.1 Å². The number of nitrogens with one attached hydrogen (secondary N) is 2. The van der Waals surface area contributed by atoms with Gasteiger partial charge in [-0.25, -0.2) is 0 Å². The Bertz CT molecular complexity index is 737. The molecule has 1 atom stereocenters. The summed E-state index contributed by atoms with van der Waals surface area (Å²) in [6.07, 6.45) is 3.07. The van der Waals surface area contributed by atoms with Crippen molar-refractivity contribution < 1.29 is 9.84 Å². The van der Waals surface area contributed by atoms with Crippen LogP contribution in [0.3, 0.4) is 0 Å². The molecule has 0 amide bonds. The summed E-state index contributed by atoms with van der Waals surface area (Å²) >= 11 is 0. The van der Waals surface area contributed by atoms with Crippen LogP contribution in [0, 0.1) is 0 Å². The fraction of sp³-hybridized carbons (Fsp3) is 0.526. The van der Waals surface area contributed by atoms with Crippen LogP contribution in [0.25, 0.3) is 10.9 Å². The summed E-state index contributed by atoms with van der Waals surface area (Å²) in [5, 5.41) is 14.2. The quantitative estimate of drug-likeness (QED) is 0.691. The highest BCUT2D eigenvalue weighted by Gasteiger charge is 2.17. The molecule has 0 saturated carbocycles. The van der Waals surface area contributed by atoms with E-state index in [4.69, 9.17) is 4.74 Å². The van der Waals surface area contributed by atoms with Crippen LogP contribution in [-0.2, 0) is 0 Å². The molecule has 5 nitrogen and oxygen atoms in total. The summed E-state index contributed by atoms with van der Waals surface area (Å²) < 4.78 is 5.45. The highest BCUT2D eigenvalue weighted by molar-refractivity contribution is 5.87. The molecule has 2 rings (SSSR count). The van der Waals surface area contributed by atoms with Crippen molar-refractivity contribution in [3.05, 3.63) is 34.1 Å². The first-order chi connectivity index (χ1) is 11.5. The molecule has 1 unspecified atom stereocenters. The number of aromatic nitrogens is 1. The maximum absolute atomic E-state index is 12.2. The van der Waals surface area contributed by atoms with Crippen LogP contribution >= 0.6 is 0 Å². The van der Waals surface area contributed by atoms with Crippen LogP contribution in [0.5, 0.6) is 11.5 Å². The Balaban J connectivity index is 2.45. The molecule has 0 bridgehead atoms. The van der Waals surface area contributed by atoms with Gasteiger partial charge in [0.05, 0.1) is 11.6 Å². The maximum Gasteiger partial charge on any atom is 0.294 e. The van der Waals surface area contributed by atoms with Crippen LogP contribution in [0.2, 0.25) is 0 Å². The van der Waals surface area contributed by atoms with Crippen molar-refractivity contribution in [1.29, 1.82) is 0 Å². The summed E-state index contributed by atoms with van der Waals surface area (Å²) in [5.74, 6) is 0.339. The minimum Gasteiger partial charge on any atom is -0.504 e. The average molecular weight is 332 g/mol. The highest BCUT2D eigenvalue weighted by Crippen LogP contribution is 2.33. The van der Waals surface area contributed by atoms with Gasteiger partial charge in [0.15, 0.2) is 5.75 Å². The van der Waals surface area contributed by atoms with Crippen LogP contribution in [0.4, 0.5) is 0 Å². The molecule has 0 fully saturated rings. The first-order valence-electron chi connectivity index (χ1n) is 8.68. The SMILES string of the molecule is CCCC(CCNC)c1ccc2c(O)c(OC(C)C)c(=O)[nH]c2c1. The number of pyridine rings is 1. The minimum absolute atomic E-state index is 0.00876. The second-order valence-corrected chi connectivity index (χ2v) is 6.48. The van der Waals surface area contributed by atoms with Crippen molar-refractivity contribution >= 4 is 10.9 Å². The van der Waals surface area contributed by atoms with Gasteiger partial charge in [0.2, 0.25) is 5.75 Å². The van der Waals surface area contributed by atoms with E-state index in [9.17, 15) is 9.90 Å². The monoisotopic (exact) mass is 332 g/mol. The largest absolute Gasteiger partial charge is 0.504 e. The van der Waals surface area contributed by atoms with E-state index >= 15 is 0 Å². The third-order valence-electron chi connectivity index (χ3n) is 4.17. The van der Waals surface area contributed by atoms with Crippen LogP contribution in [-0.4, -0.2) is 29.8 Å². The Kier molecular flexibility index (Phi) is 6.26. The number of hydrogen-bond acceptors (Lipinski definition) is 4. The lowest BCUT2D eigenvalue weighted by molar-refractivity contribution is 0.229. The van der Waals surface area contributed by atoms with Gasteiger partial charge in [-0.05, 0) is 63.9 Å². The fourth-order valence-electron chi connectivity index (χ4n) is 3.02. The van der Waals surface area contributed by atoms with Gasteiger partial charge in [0, 0.05) is 5.39 Å². The number of aromatic hydroxyl groups is 1. The molecule has 0 aliphatic carbocycles. The van der Waals surface area contributed by atoms with Gasteiger partial charge in [0.1, 0.15) is 0 Å². The van der Waals surface area contributed by atoms with Crippen LogP contribution in [0.1, 0.15) is 51.5 Å². The molecule has 2 aromatic rings. The second kappa shape index (κ2) is 8.20. The smallest absolute Gasteiger partial charge is 0.294 e. The molecule has 0 spiro atoms. The standard InChI is InChI=1S/C19H28N2O3/c1-5-6-13(9-10-20-4)14-7-8-15-16(11-14)21-19(23)18(17(15)22)24-12(2)3/h7-8,11-13,20H,5-6,9-10H2,1-4H3,(H2,21,22,23). The molecule has 5 heteroatoms. The fourth-order valence-corrected chi connectivity index (χ4v) is 3.02. The highest BCUT2D eigenvalue weighted by atomic mass is 16.5. The molecular formula is C19H28N2O3. The summed E-state index contributed by atoms with van der Waals surface area (Å²) in [7, 11) is 1.95. The Hall–Kier alpha value is -2.01. The Morgan fingerprint density at radius 1 is 1.29 bits per heavy atom.